The maximum absolute atomic E-state index is 11.4. The van der Waals surface area contributed by atoms with Gasteiger partial charge in [-0.2, -0.15) is 0 Å². The zero-order chi connectivity index (χ0) is 13.4. The van der Waals surface area contributed by atoms with Crippen LogP contribution in [0.1, 0.15) is 40.0 Å². The first-order chi connectivity index (χ1) is 8.47. The number of carbonyl (C=O) groups is 1. The van der Waals surface area contributed by atoms with Crippen molar-refractivity contribution in [3.8, 4) is 0 Å². The third-order valence-electron chi connectivity index (χ3n) is 2.78. The number of ether oxygens (including phenoxy) is 1. The Morgan fingerprint density at radius 1 is 1.33 bits per heavy atom. The number of hydrogen-bond donors (Lipinski definition) is 2. The minimum atomic E-state index is -0.425. The summed E-state index contributed by atoms with van der Waals surface area (Å²) in [4.78, 5) is 11.4. The first-order valence-electron chi connectivity index (χ1n) is 6.80. The molecule has 1 atom stereocenters. The molecule has 4 heteroatoms. The zero-order valence-corrected chi connectivity index (χ0v) is 11.8. The van der Waals surface area contributed by atoms with Crippen LogP contribution in [-0.2, 0) is 4.74 Å². The standard InChI is InChI=1S/C14H26N2O2/c1-14(2,3)18-13(17)16-10-9-15-11-12-7-5-4-6-8-12/h4-5,12,15H,6-11H2,1-3H3,(H,16,17). The molecular weight excluding hydrogens is 228 g/mol. The van der Waals surface area contributed by atoms with Gasteiger partial charge in [0.15, 0.2) is 0 Å². The second-order valence-electron chi connectivity index (χ2n) is 5.78. The zero-order valence-electron chi connectivity index (χ0n) is 11.8. The van der Waals surface area contributed by atoms with Crippen LogP contribution in [0.3, 0.4) is 0 Å². The minimum Gasteiger partial charge on any atom is -0.444 e. The van der Waals surface area contributed by atoms with E-state index in [1.165, 1.54) is 19.3 Å². The topological polar surface area (TPSA) is 50.4 Å². The van der Waals surface area contributed by atoms with E-state index in [-0.39, 0.29) is 6.09 Å². The summed E-state index contributed by atoms with van der Waals surface area (Å²) < 4.78 is 5.15. The second kappa shape index (κ2) is 7.41. The lowest BCUT2D eigenvalue weighted by Crippen LogP contribution is -2.37. The normalized spacial score (nSPS) is 19.6. The van der Waals surface area contributed by atoms with Gasteiger partial charge in [0, 0.05) is 13.1 Å². The Morgan fingerprint density at radius 3 is 2.72 bits per heavy atom. The molecule has 0 saturated carbocycles. The molecular formula is C14H26N2O2. The number of amides is 1. The quantitative estimate of drug-likeness (QED) is 0.585. The Bertz CT molecular complexity index is 282. The highest BCUT2D eigenvalue weighted by Gasteiger charge is 2.15. The molecule has 0 heterocycles. The van der Waals surface area contributed by atoms with Crippen LogP contribution >= 0.6 is 0 Å². The molecule has 0 aliphatic heterocycles. The molecule has 18 heavy (non-hydrogen) atoms. The van der Waals surface area contributed by atoms with Crippen molar-refractivity contribution in [3.05, 3.63) is 12.2 Å². The molecule has 0 aromatic heterocycles. The van der Waals surface area contributed by atoms with Crippen LogP contribution in [-0.4, -0.2) is 31.3 Å². The van der Waals surface area contributed by atoms with Gasteiger partial charge >= 0.3 is 6.09 Å². The maximum atomic E-state index is 11.4. The smallest absolute Gasteiger partial charge is 0.407 e. The molecule has 1 unspecified atom stereocenters. The van der Waals surface area contributed by atoms with Crippen LogP contribution in [0.2, 0.25) is 0 Å². The van der Waals surface area contributed by atoms with Crippen LogP contribution in [0.25, 0.3) is 0 Å². The molecule has 1 aliphatic carbocycles. The SMILES string of the molecule is CC(C)(C)OC(=O)NCCNCC1CC=CCC1. The van der Waals surface area contributed by atoms with Gasteiger partial charge in [0.2, 0.25) is 0 Å². The van der Waals surface area contributed by atoms with Gasteiger partial charge in [0.05, 0.1) is 0 Å². The fourth-order valence-electron chi connectivity index (χ4n) is 1.92. The summed E-state index contributed by atoms with van der Waals surface area (Å²) in [6, 6.07) is 0. The number of hydrogen-bond acceptors (Lipinski definition) is 3. The molecule has 0 aromatic carbocycles. The van der Waals surface area contributed by atoms with Gasteiger partial charge in [-0.15, -0.1) is 0 Å². The molecule has 4 nitrogen and oxygen atoms in total. The van der Waals surface area contributed by atoms with Crippen molar-refractivity contribution < 1.29 is 9.53 Å². The van der Waals surface area contributed by atoms with E-state index in [0.717, 1.165) is 19.0 Å². The van der Waals surface area contributed by atoms with Gasteiger partial charge in [-0.1, -0.05) is 12.2 Å². The Hall–Kier alpha value is -1.03. The number of carbonyl (C=O) groups excluding carboxylic acids is 1. The molecule has 104 valence electrons. The van der Waals surface area contributed by atoms with Crippen LogP contribution in [0.4, 0.5) is 4.79 Å². The van der Waals surface area contributed by atoms with Crippen molar-refractivity contribution in [1.82, 2.24) is 10.6 Å². The molecule has 0 fully saturated rings. The maximum Gasteiger partial charge on any atom is 0.407 e. The molecule has 0 spiro atoms. The van der Waals surface area contributed by atoms with E-state index in [1.807, 2.05) is 20.8 Å². The number of nitrogens with one attached hydrogen (secondary N) is 2. The number of rotatable bonds is 5. The van der Waals surface area contributed by atoms with E-state index in [1.54, 1.807) is 0 Å². The summed E-state index contributed by atoms with van der Waals surface area (Å²) in [7, 11) is 0. The Labute approximate surface area is 110 Å². The van der Waals surface area contributed by atoms with Gasteiger partial charge < -0.3 is 15.4 Å². The van der Waals surface area contributed by atoms with Crippen molar-refractivity contribution in [3.63, 3.8) is 0 Å². The molecule has 0 bridgehead atoms. The Balaban J connectivity index is 1.98. The first-order valence-corrected chi connectivity index (χ1v) is 6.80. The Kier molecular flexibility index (Phi) is 6.19. The summed E-state index contributed by atoms with van der Waals surface area (Å²) in [5.41, 5.74) is -0.425. The molecule has 2 N–H and O–H groups in total. The van der Waals surface area contributed by atoms with Gasteiger partial charge in [0.25, 0.3) is 0 Å². The second-order valence-corrected chi connectivity index (χ2v) is 5.78. The van der Waals surface area contributed by atoms with Crippen LogP contribution in [0, 0.1) is 5.92 Å². The van der Waals surface area contributed by atoms with Gasteiger partial charge in [-0.05, 0) is 52.5 Å². The highest BCUT2D eigenvalue weighted by atomic mass is 16.6. The summed E-state index contributed by atoms with van der Waals surface area (Å²) >= 11 is 0. The third kappa shape index (κ3) is 7.33. The van der Waals surface area contributed by atoms with Crippen LogP contribution in [0.15, 0.2) is 12.2 Å². The van der Waals surface area contributed by atoms with E-state index >= 15 is 0 Å². The molecule has 1 aliphatic rings. The molecule has 1 rings (SSSR count). The van der Waals surface area contributed by atoms with Crippen molar-refractivity contribution in [2.45, 2.75) is 45.6 Å². The molecule has 0 radical (unpaired) electrons. The van der Waals surface area contributed by atoms with Crippen LogP contribution < -0.4 is 10.6 Å². The summed E-state index contributed by atoms with van der Waals surface area (Å²) in [5, 5.41) is 6.11. The van der Waals surface area contributed by atoms with Crippen LogP contribution in [0.5, 0.6) is 0 Å². The van der Waals surface area contributed by atoms with E-state index in [2.05, 4.69) is 22.8 Å². The number of alkyl carbamates (subject to hydrolysis) is 1. The van der Waals surface area contributed by atoms with E-state index in [9.17, 15) is 4.79 Å². The third-order valence-corrected chi connectivity index (χ3v) is 2.78. The monoisotopic (exact) mass is 254 g/mol. The average molecular weight is 254 g/mol. The highest BCUT2D eigenvalue weighted by Crippen LogP contribution is 2.16. The predicted octanol–water partition coefficient (Wildman–Crippen LogP) is 2.46. The predicted molar refractivity (Wildman–Crippen MR) is 73.6 cm³/mol. The highest BCUT2D eigenvalue weighted by molar-refractivity contribution is 5.67. The van der Waals surface area contributed by atoms with Crippen molar-refractivity contribution in [1.29, 1.82) is 0 Å². The van der Waals surface area contributed by atoms with Gasteiger partial charge in [-0.25, -0.2) is 4.79 Å². The Morgan fingerprint density at radius 2 is 2.11 bits per heavy atom. The number of allylic oxidation sites excluding steroid dienone is 2. The molecule has 0 aromatic rings. The largest absolute Gasteiger partial charge is 0.444 e. The van der Waals surface area contributed by atoms with Crippen molar-refractivity contribution in [2.75, 3.05) is 19.6 Å². The fourth-order valence-corrected chi connectivity index (χ4v) is 1.92. The average Bonchev–Trinajstić information content (AvgIpc) is 2.27. The molecule has 1 amide bonds. The lowest BCUT2D eigenvalue weighted by atomic mass is 9.94. The first kappa shape index (κ1) is 15.0. The van der Waals surface area contributed by atoms with E-state index in [0.29, 0.717) is 6.54 Å². The van der Waals surface area contributed by atoms with Gasteiger partial charge in [0.1, 0.15) is 5.60 Å². The summed E-state index contributed by atoms with van der Waals surface area (Å²) in [6.45, 7) is 8.02. The lowest BCUT2D eigenvalue weighted by Gasteiger charge is -2.20. The molecule has 0 saturated heterocycles. The summed E-state index contributed by atoms with van der Waals surface area (Å²) in [5.74, 6) is 0.747. The van der Waals surface area contributed by atoms with Crippen molar-refractivity contribution >= 4 is 6.09 Å². The van der Waals surface area contributed by atoms with E-state index in [4.69, 9.17) is 4.74 Å². The van der Waals surface area contributed by atoms with Crippen molar-refractivity contribution in [2.24, 2.45) is 5.92 Å². The van der Waals surface area contributed by atoms with E-state index < -0.39 is 5.60 Å². The van der Waals surface area contributed by atoms with Gasteiger partial charge in [-0.3, -0.25) is 0 Å². The fraction of sp³-hybridized carbons (Fsp3) is 0.786. The summed E-state index contributed by atoms with van der Waals surface area (Å²) in [6.07, 6.45) is 7.80. The minimum absolute atomic E-state index is 0.343. The lowest BCUT2D eigenvalue weighted by molar-refractivity contribution is 0.0528.